The highest BCUT2D eigenvalue weighted by atomic mass is 19.1. The molecule has 206 valence electrons. The molecule has 1 fully saturated rings. The Morgan fingerprint density at radius 1 is 1.03 bits per heavy atom. The van der Waals surface area contributed by atoms with E-state index in [0.717, 1.165) is 25.8 Å². The van der Waals surface area contributed by atoms with Crippen LogP contribution in [0.1, 0.15) is 67.7 Å². The molecule has 1 aliphatic rings. The molecule has 1 heterocycles. The fourth-order valence-corrected chi connectivity index (χ4v) is 4.83. The van der Waals surface area contributed by atoms with Gasteiger partial charge >= 0.3 is 0 Å². The number of anilines is 1. The van der Waals surface area contributed by atoms with Crippen LogP contribution in [0, 0.1) is 17.7 Å². The molecule has 3 atom stereocenters. The Morgan fingerprint density at radius 3 is 2.19 bits per heavy atom. The minimum Gasteiger partial charge on any atom is -0.343 e. The smallest absolute Gasteiger partial charge is 0.251 e. The van der Waals surface area contributed by atoms with Gasteiger partial charge in [0.2, 0.25) is 11.8 Å². The van der Waals surface area contributed by atoms with Crippen LogP contribution >= 0.6 is 0 Å². The molecule has 0 spiro atoms. The van der Waals surface area contributed by atoms with E-state index in [0.29, 0.717) is 11.3 Å². The second-order valence-corrected chi connectivity index (χ2v) is 11.1. The number of likely N-dealkylation sites (tertiary alicyclic amines) is 1. The Bertz CT molecular complexity index is 958. The molecule has 8 heteroatoms. The lowest BCUT2D eigenvalue weighted by atomic mass is 9.95. The molecule has 0 aliphatic carbocycles. The summed E-state index contributed by atoms with van der Waals surface area (Å²) in [5, 5.41) is 5.82. The molecule has 0 bridgehead atoms. The van der Waals surface area contributed by atoms with Crippen LogP contribution in [0.15, 0.2) is 35.9 Å². The second kappa shape index (κ2) is 13.7. The average molecular weight is 517 g/mol. The first-order valence-corrected chi connectivity index (χ1v) is 13.4. The quantitative estimate of drug-likeness (QED) is 0.446. The van der Waals surface area contributed by atoms with Crippen LogP contribution in [0.4, 0.5) is 10.1 Å². The van der Waals surface area contributed by atoms with Gasteiger partial charge in [0.05, 0.1) is 12.1 Å². The van der Waals surface area contributed by atoms with E-state index >= 15 is 0 Å². The number of carbonyl (C=O) groups excluding carboxylic acids is 3. The summed E-state index contributed by atoms with van der Waals surface area (Å²) in [5.41, 5.74) is 0.938. The summed E-state index contributed by atoms with van der Waals surface area (Å²) < 4.78 is 13.2. The minimum absolute atomic E-state index is 0.0285. The van der Waals surface area contributed by atoms with Crippen molar-refractivity contribution in [3.05, 3.63) is 41.7 Å². The molecule has 1 saturated heterocycles. The number of amides is 3. The van der Waals surface area contributed by atoms with Crippen molar-refractivity contribution in [1.29, 1.82) is 0 Å². The van der Waals surface area contributed by atoms with Crippen molar-refractivity contribution in [3.8, 4) is 0 Å². The Balaban J connectivity index is 2.17. The van der Waals surface area contributed by atoms with Crippen LogP contribution in [-0.2, 0) is 14.4 Å². The zero-order valence-corrected chi connectivity index (χ0v) is 23.7. The van der Waals surface area contributed by atoms with E-state index < -0.39 is 6.04 Å². The van der Waals surface area contributed by atoms with Gasteiger partial charge in [0.15, 0.2) is 0 Å². The summed E-state index contributed by atoms with van der Waals surface area (Å²) in [6.07, 6.45) is 4.65. The Labute approximate surface area is 221 Å². The van der Waals surface area contributed by atoms with Crippen LogP contribution < -0.4 is 10.6 Å². The highest BCUT2D eigenvalue weighted by Crippen LogP contribution is 2.22. The van der Waals surface area contributed by atoms with E-state index in [2.05, 4.69) is 29.4 Å². The van der Waals surface area contributed by atoms with E-state index in [4.69, 9.17) is 0 Å². The van der Waals surface area contributed by atoms with Gasteiger partial charge in [-0.2, -0.15) is 0 Å². The number of halogens is 1. The molecule has 1 aromatic carbocycles. The zero-order valence-electron chi connectivity index (χ0n) is 23.7. The maximum atomic E-state index is 13.7. The number of carbonyl (C=O) groups is 3. The number of piperidine rings is 1. The largest absolute Gasteiger partial charge is 0.343 e. The van der Waals surface area contributed by atoms with Crippen LogP contribution in [0.5, 0.6) is 0 Å². The summed E-state index contributed by atoms with van der Waals surface area (Å²) in [4.78, 5) is 43.6. The maximum Gasteiger partial charge on any atom is 0.251 e. The number of nitrogens with one attached hydrogen (secondary N) is 2. The second-order valence-electron chi connectivity index (χ2n) is 11.1. The van der Waals surface area contributed by atoms with Gasteiger partial charge < -0.3 is 15.5 Å². The van der Waals surface area contributed by atoms with E-state index in [1.165, 1.54) is 24.3 Å². The molecule has 2 N–H and O–H groups in total. The SMILES string of the molecule is C/C(=C\[C@H](C(C)C)N(C)C(=O)[C@@H](NC(=O)[C@H]1CCCCN1C(C)C)C(C)C)C(=O)Nc1ccc(F)cc1. The Morgan fingerprint density at radius 2 is 1.65 bits per heavy atom. The number of rotatable bonds is 10. The van der Waals surface area contributed by atoms with Gasteiger partial charge in [-0.25, -0.2) is 4.39 Å². The highest BCUT2D eigenvalue weighted by molar-refractivity contribution is 6.03. The topological polar surface area (TPSA) is 81.8 Å². The van der Waals surface area contributed by atoms with Crippen molar-refractivity contribution in [2.45, 2.75) is 91.9 Å². The number of benzene rings is 1. The number of likely N-dealkylation sites (N-methyl/N-ethyl adjacent to an activating group) is 1. The van der Waals surface area contributed by atoms with Crippen molar-refractivity contribution in [3.63, 3.8) is 0 Å². The van der Waals surface area contributed by atoms with Gasteiger partial charge in [-0.1, -0.05) is 40.2 Å². The molecule has 2 rings (SSSR count). The first kappa shape index (κ1) is 30.5. The molecule has 37 heavy (non-hydrogen) atoms. The molecule has 3 amide bonds. The Kier molecular flexibility index (Phi) is 11.3. The molecule has 0 saturated carbocycles. The highest BCUT2D eigenvalue weighted by Gasteiger charge is 2.36. The van der Waals surface area contributed by atoms with Gasteiger partial charge in [0.1, 0.15) is 11.9 Å². The van der Waals surface area contributed by atoms with Gasteiger partial charge in [0.25, 0.3) is 5.91 Å². The predicted molar refractivity (Wildman–Crippen MR) is 146 cm³/mol. The molecule has 0 unspecified atom stereocenters. The molecule has 0 radical (unpaired) electrons. The lowest BCUT2D eigenvalue weighted by molar-refractivity contribution is -0.140. The van der Waals surface area contributed by atoms with Crippen LogP contribution in [0.2, 0.25) is 0 Å². The average Bonchev–Trinajstić information content (AvgIpc) is 2.85. The number of hydrogen-bond donors (Lipinski definition) is 2. The van der Waals surface area contributed by atoms with E-state index in [9.17, 15) is 18.8 Å². The Hall–Kier alpha value is -2.74. The number of hydrogen-bond acceptors (Lipinski definition) is 4. The lowest BCUT2D eigenvalue weighted by Gasteiger charge is -2.39. The third-order valence-electron chi connectivity index (χ3n) is 7.10. The molecular formula is C29H45FN4O3. The van der Waals surface area contributed by atoms with Crippen molar-refractivity contribution in [2.24, 2.45) is 11.8 Å². The van der Waals surface area contributed by atoms with E-state index in [1.807, 2.05) is 27.7 Å². The predicted octanol–water partition coefficient (Wildman–Crippen LogP) is 4.60. The van der Waals surface area contributed by atoms with Crippen molar-refractivity contribution in [1.82, 2.24) is 15.1 Å². The van der Waals surface area contributed by atoms with Gasteiger partial charge in [-0.15, -0.1) is 0 Å². The normalized spacial score (nSPS) is 18.6. The fraction of sp³-hybridized carbons (Fsp3) is 0.621. The molecular weight excluding hydrogens is 471 g/mol. The third kappa shape index (κ3) is 8.38. The zero-order chi connectivity index (χ0) is 27.9. The van der Waals surface area contributed by atoms with Gasteiger partial charge in [-0.05, 0) is 76.3 Å². The lowest BCUT2D eigenvalue weighted by Crippen LogP contribution is -2.58. The first-order chi connectivity index (χ1) is 17.3. The molecule has 0 aromatic heterocycles. The van der Waals surface area contributed by atoms with Crippen LogP contribution in [0.25, 0.3) is 0 Å². The van der Waals surface area contributed by atoms with Crippen LogP contribution in [0.3, 0.4) is 0 Å². The fourth-order valence-electron chi connectivity index (χ4n) is 4.83. The summed E-state index contributed by atoms with van der Waals surface area (Å²) in [5.74, 6) is -1.05. The van der Waals surface area contributed by atoms with Gasteiger partial charge in [0, 0.05) is 24.4 Å². The van der Waals surface area contributed by atoms with Crippen molar-refractivity contribution < 1.29 is 18.8 Å². The monoisotopic (exact) mass is 516 g/mol. The number of nitrogens with zero attached hydrogens (tertiary/aromatic N) is 2. The molecule has 1 aliphatic heterocycles. The van der Waals surface area contributed by atoms with E-state index in [1.54, 1.807) is 24.9 Å². The summed E-state index contributed by atoms with van der Waals surface area (Å²) in [6.45, 7) is 14.6. The van der Waals surface area contributed by atoms with Crippen molar-refractivity contribution in [2.75, 3.05) is 18.9 Å². The molecule has 1 aromatic rings. The summed E-state index contributed by atoms with van der Waals surface area (Å²) in [6, 6.07) is 4.57. The maximum absolute atomic E-state index is 13.7. The van der Waals surface area contributed by atoms with Gasteiger partial charge in [-0.3, -0.25) is 19.3 Å². The van der Waals surface area contributed by atoms with Crippen molar-refractivity contribution >= 4 is 23.4 Å². The van der Waals surface area contributed by atoms with E-state index in [-0.39, 0.29) is 53.5 Å². The summed E-state index contributed by atoms with van der Waals surface area (Å²) >= 11 is 0. The standard InChI is InChI=1S/C29H45FN4O3/c1-18(2)25(17-21(7)27(35)31-23-14-12-22(30)13-15-23)33(8)29(37)26(19(3)4)32-28(36)24-11-9-10-16-34(24)20(5)6/h12-15,17-20,24-26H,9-11,16H2,1-8H3,(H,31,35)(H,32,36)/b21-17+/t24-,25-,26+/m1/s1. The summed E-state index contributed by atoms with van der Waals surface area (Å²) in [7, 11) is 1.72. The minimum atomic E-state index is -0.670. The first-order valence-electron chi connectivity index (χ1n) is 13.4. The molecule has 7 nitrogen and oxygen atoms in total. The van der Waals surface area contributed by atoms with Crippen LogP contribution in [-0.4, -0.2) is 65.3 Å². The third-order valence-corrected chi connectivity index (χ3v) is 7.10.